The minimum atomic E-state index is 0.584. The first-order valence-corrected chi connectivity index (χ1v) is 12.0. The van der Waals surface area contributed by atoms with E-state index in [2.05, 4.69) is 95.3 Å². The lowest BCUT2D eigenvalue weighted by atomic mass is 9.91. The normalized spacial score (nSPS) is 12.6. The standard InChI is InChI=1S/C31H33N/c1-19(2)12-22-10-11-24-17-25(13-20(3)4)32-31(27(24)16-22)30-15-21(5)14-28-26-9-7-6-8-23(26)18-29(28)30/h6-11,14-17,19-20H,12-13,18H2,1-5H3. The Morgan fingerprint density at radius 2 is 1.53 bits per heavy atom. The van der Waals surface area contributed by atoms with E-state index in [0.717, 1.165) is 25.0 Å². The molecule has 0 aliphatic heterocycles. The van der Waals surface area contributed by atoms with Crippen molar-refractivity contribution >= 4 is 10.8 Å². The molecule has 32 heavy (non-hydrogen) atoms. The lowest BCUT2D eigenvalue weighted by Gasteiger charge is -2.16. The van der Waals surface area contributed by atoms with Gasteiger partial charge in [-0.25, -0.2) is 0 Å². The van der Waals surface area contributed by atoms with Crippen LogP contribution in [0.1, 0.15) is 55.6 Å². The van der Waals surface area contributed by atoms with E-state index in [0.29, 0.717) is 11.8 Å². The van der Waals surface area contributed by atoms with Crippen molar-refractivity contribution in [2.24, 2.45) is 11.8 Å². The fraction of sp³-hybridized carbons (Fsp3) is 0.323. The van der Waals surface area contributed by atoms with Crippen LogP contribution in [0.5, 0.6) is 0 Å². The number of aromatic nitrogens is 1. The molecule has 1 aliphatic rings. The highest BCUT2D eigenvalue weighted by atomic mass is 14.7. The van der Waals surface area contributed by atoms with Gasteiger partial charge in [0.1, 0.15) is 0 Å². The van der Waals surface area contributed by atoms with E-state index in [-0.39, 0.29) is 0 Å². The molecule has 0 fully saturated rings. The van der Waals surface area contributed by atoms with Gasteiger partial charge in [0.2, 0.25) is 0 Å². The number of hydrogen-bond acceptors (Lipinski definition) is 1. The number of benzene rings is 3. The van der Waals surface area contributed by atoms with Gasteiger partial charge in [-0.3, -0.25) is 4.98 Å². The van der Waals surface area contributed by atoms with Gasteiger partial charge in [0.15, 0.2) is 0 Å². The highest BCUT2D eigenvalue weighted by molar-refractivity contribution is 5.98. The van der Waals surface area contributed by atoms with Gasteiger partial charge >= 0.3 is 0 Å². The number of rotatable bonds is 5. The van der Waals surface area contributed by atoms with Gasteiger partial charge in [-0.15, -0.1) is 0 Å². The van der Waals surface area contributed by atoms with Crippen LogP contribution >= 0.6 is 0 Å². The highest BCUT2D eigenvalue weighted by Crippen LogP contribution is 2.43. The number of nitrogens with zero attached hydrogens (tertiary/aromatic N) is 1. The third kappa shape index (κ3) is 3.86. The van der Waals surface area contributed by atoms with Crippen molar-refractivity contribution in [3.63, 3.8) is 0 Å². The molecule has 0 saturated heterocycles. The molecule has 0 unspecified atom stereocenters. The van der Waals surface area contributed by atoms with Crippen molar-refractivity contribution < 1.29 is 0 Å². The molecule has 4 aromatic rings. The quantitative estimate of drug-likeness (QED) is 0.280. The van der Waals surface area contributed by atoms with Crippen LogP contribution in [-0.4, -0.2) is 4.98 Å². The molecule has 162 valence electrons. The molecule has 3 aromatic carbocycles. The molecule has 0 spiro atoms. The third-order valence-electron chi connectivity index (χ3n) is 6.54. The fourth-order valence-electron chi connectivity index (χ4n) is 5.26. The first kappa shape index (κ1) is 20.9. The summed E-state index contributed by atoms with van der Waals surface area (Å²) < 4.78 is 0. The number of pyridine rings is 1. The van der Waals surface area contributed by atoms with Gasteiger partial charge in [0.25, 0.3) is 0 Å². The zero-order valence-electron chi connectivity index (χ0n) is 20.0. The largest absolute Gasteiger partial charge is 0.252 e. The van der Waals surface area contributed by atoms with Crippen LogP contribution in [0.25, 0.3) is 33.2 Å². The Morgan fingerprint density at radius 1 is 0.781 bits per heavy atom. The van der Waals surface area contributed by atoms with Crippen molar-refractivity contribution in [2.45, 2.75) is 53.9 Å². The topological polar surface area (TPSA) is 12.9 Å². The van der Waals surface area contributed by atoms with E-state index in [1.165, 1.54) is 55.4 Å². The average Bonchev–Trinajstić information content (AvgIpc) is 3.10. The van der Waals surface area contributed by atoms with Gasteiger partial charge in [-0.1, -0.05) is 70.2 Å². The number of fused-ring (bicyclic) bond motifs is 4. The molecule has 5 rings (SSSR count). The molecular formula is C31H33N. The summed E-state index contributed by atoms with van der Waals surface area (Å²) in [7, 11) is 0. The van der Waals surface area contributed by atoms with Crippen molar-refractivity contribution in [3.8, 4) is 22.4 Å². The summed E-state index contributed by atoms with van der Waals surface area (Å²) in [6.07, 6.45) is 3.09. The monoisotopic (exact) mass is 419 g/mol. The molecule has 1 aromatic heterocycles. The lowest BCUT2D eigenvalue weighted by molar-refractivity contribution is 0.636. The smallest absolute Gasteiger partial charge is 0.0786 e. The molecular weight excluding hydrogens is 386 g/mol. The Bertz CT molecular complexity index is 1310. The minimum Gasteiger partial charge on any atom is -0.252 e. The van der Waals surface area contributed by atoms with E-state index in [4.69, 9.17) is 4.98 Å². The number of aryl methyl sites for hydroxylation is 1. The lowest BCUT2D eigenvalue weighted by Crippen LogP contribution is -2.02. The molecule has 1 nitrogen and oxygen atoms in total. The third-order valence-corrected chi connectivity index (χ3v) is 6.54. The van der Waals surface area contributed by atoms with Crippen molar-refractivity contribution in [3.05, 3.63) is 88.6 Å². The maximum Gasteiger partial charge on any atom is 0.0786 e. The van der Waals surface area contributed by atoms with Crippen molar-refractivity contribution in [2.75, 3.05) is 0 Å². The van der Waals surface area contributed by atoms with Crippen molar-refractivity contribution in [1.82, 2.24) is 4.98 Å². The van der Waals surface area contributed by atoms with E-state index < -0.39 is 0 Å². The van der Waals surface area contributed by atoms with E-state index >= 15 is 0 Å². The van der Waals surface area contributed by atoms with E-state index in [1.54, 1.807) is 0 Å². The summed E-state index contributed by atoms with van der Waals surface area (Å²) in [6.45, 7) is 11.4. The first-order chi connectivity index (χ1) is 15.4. The summed E-state index contributed by atoms with van der Waals surface area (Å²) in [5.74, 6) is 1.22. The molecule has 0 atom stereocenters. The Balaban J connectivity index is 1.77. The van der Waals surface area contributed by atoms with Crippen LogP contribution in [0.2, 0.25) is 0 Å². The molecule has 1 heteroatoms. The van der Waals surface area contributed by atoms with Gasteiger partial charge in [0, 0.05) is 16.6 Å². The van der Waals surface area contributed by atoms with Crippen LogP contribution in [0.3, 0.4) is 0 Å². The van der Waals surface area contributed by atoms with Gasteiger partial charge in [-0.2, -0.15) is 0 Å². The zero-order chi connectivity index (χ0) is 22.4. The molecule has 1 aliphatic carbocycles. The maximum atomic E-state index is 5.31. The van der Waals surface area contributed by atoms with Crippen LogP contribution < -0.4 is 0 Å². The molecule has 0 saturated carbocycles. The predicted octanol–water partition coefficient (Wildman–Crippen LogP) is 8.18. The zero-order valence-corrected chi connectivity index (χ0v) is 20.0. The summed E-state index contributed by atoms with van der Waals surface area (Å²) in [5.41, 5.74) is 12.0. The van der Waals surface area contributed by atoms with Gasteiger partial charge in [-0.05, 0) is 95.0 Å². The molecule has 0 amide bonds. The molecule has 0 bridgehead atoms. The summed E-state index contributed by atoms with van der Waals surface area (Å²) >= 11 is 0. The highest BCUT2D eigenvalue weighted by Gasteiger charge is 2.24. The minimum absolute atomic E-state index is 0.584. The van der Waals surface area contributed by atoms with Crippen LogP contribution in [0.4, 0.5) is 0 Å². The van der Waals surface area contributed by atoms with Gasteiger partial charge in [0.05, 0.1) is 5.69 Å². The Hall–Kier alpha value is -2.93. The second kappa shape index (κ2) is 8.20. The fourth-order valence-corrected chi connectivity index (χ4v) is 5.26. The average molecular weight is 420 g/mol. The summed E-state index contributed by atoms with van der Waals surface area (Å²) in [5, 5.41) is 2.60. The van der Waals surface area contributed by atoms with Crippen LogP contribution in [0, 0.1) is 18.8 Å². The summed E-state index contributed by atoms with van der Waals surface area (Å²) in [6, 6.07) is 22.9. The van der Waals surface area contributed by atoms with Gasteiger partial charge < -0.3 is 0 Å². The Labute approximate surface area is 192 Å². The SMILES string of the molecule is Cc1cc2c(c(-c3nc(CC(C)C)cc4ccc(CC(C)C)cc34)c1)Cc1ccccc1-2. The Morgan fingerprint density at radius 3 is 2.31 bits per heavy atom. The van der Waals surface area contributed by atoms with Crippen LogP contribution in [-0.2, 0) is 19.3 Å². The Kier molecular flexibility index (Phi) is 5.37. The second-order valence-corrected chi connectivity index (χ2v) is 10.4. The molecule has 1 heterocycles. The predicted molar refractivity (Wildman–Crippen MR) is 137 cm³/mol. The number of hydrogen-bond donors (Lipinski definition) is 0. The maximum absolute atomic E-state index is 5.31. The van der Waals surface area contributed by atoms with E-state index in [9.17, 15) is 0 Å². The summed E-state index contributed by atoms with van der Waals surface area (Å²) in [4.78, 5) is 5.31. The second-order valence-electron chi connectivity index (χ2n) is 10.4. The molecule has 0 N–H and O–H groups in total. The first-order valence-electron chi connectivity index (χ1n) is 12.0. The molecule has 0 radical (unpaired) electrons. The van der Waals surface area contributed by atoms with Crippen LogP contribution in [0.15, 0.2) is 60.7 Å². The van der Waals surface area contributed by atoms with E-state index in [1.807, 2.05) is 0 Å². The van der Waals surface area contributed by atoms with Crippen molar-refractivity contribution in [1.29, 1.82) is 0 Å².